The van der Waals surface area contributed by atoms with Crippen molar-refractivity contribution in [2.24, 2.45) is 0 Å². The van der Waals surface area contributed by atoms with Crippen molar-refractivity contribution in [1.82, 2.24) is 30.6 Å². The third kappa shape index (κ3) is 6.55. The van der Waals surface area contributed by atoms with E-state index in [0.717, 1.165) is 32.5 Å². The average molecular weight is 624 g/mol. The van der Waals surface area contributed by atoms with Gasteiger partial charge in [-0.25, -0.2) is 9.48 Å². The van der Waals surface area contributed by atoms with E-state index in [1.54, 1.807) is 17.1 Å². The maximum absolute atomic E-state index is 12.4. The lowest BCUT2D eigenvalue weighted by Gasteiger charge is -2.22. The summed E-state index contributed by atoms with van der Waals surface area (Å²) in [4.78, 5) is 16.4. The van der Waals surface area contributed by atoms with Gasteiger partial charge in [0.05, 0.1) is 17.9 Å². The van der Waals surface area contributed by atoms with Crippen molar-refractivity contribution in [3.8, 4) is 16.9 Å². The number of rotatable bonds is 9. The zero-order chi connectivity index (χ0) is 26.3. The van der Waals surface area contributed by atoms with E-state index in [-0.39, 0.29) is 6.04 Å². The number of aliphatic hydroxyl groups is 1. The van der Waals surface area contributed by atoms with Gasteiger partial charge in [0, 0.05) is 35.5 Å². The Balaban J connectivity index is 1.16. The van der Waals surface area contributed by atoms with Crippen molar-refractivity contribution in [1.29, 1.82) is 0 Å². The lowest BCUT2D eigenvalue weighted by molar-refractivity contribution is 0.0191. The van der Waals surface area contributed by atoms with Crippen molar-refractivity contribution in [2.45, 2.75) is 35.5 Å². The number of benzene rings is 2. The van der Waals surface area contributed by atoms with Gasteiger partial charge in [-0.3, -0.25) is 4.98 Å². The van der Waals surface area contributed by atoms with Crippen LogP contribution in [-0.4, -0.2) is 62.5 Å². The summed E-state index contributed by atoms with van der Waals surface area (Å²) in [5.41, 5.74) is 6.13. The first kappa shape index (κ1) is 26.3. The number of halogens is 1. The van der Waals surface area contributed by atoms with Crippen molar-refractivity contribution < 1.29 is 14.6 Å². The quantitative estimate of drug-likeness (QED) is 0.193. The summed E-state index contributed by atoms with van der Waals surface area (Å²) in [6.45, 7) is 0.819. The average Bonchev–Trinajstić information content (AvgIpc) is 3.58. The molecule has 196 valence electrons. The van der Waals surface area contributed by atoms with Gasteiger partial charge in [0.1, 0.15) is 17.9 Å². The molecule has 10 heteroatoms. The molecule has 2 aromatic heterocycles. The number of aliphatic hydroxyl groups excluding tert-OH is 1. The third-order valence-electron chi connectivity index (χ3n) is 6.59. The SMILES string of the molecule is O=C(NCCc1ccncc1)O[C@@H]1[C@@H](O)CN[C@@H]1Cc1ccc(-c2cn(-c3ccc(CI)cc3)nn2)cc1. The second-order valence-corrected chi connectivity index (χ2v) is 10.00. The molecule has 0 unspecified atom stereocenters. The highest BCUT2D eigenvalue weighted by molar-refractivity contribution is 14.1. The lowest BCUT2D eigenvalue weighted by atomic mass is 10.00. The second kappa shape index (κ2) is 12.5. The topological polar surface area (TPSA) is 114 Å². The number of alkyl halides is 1. The van der Waals surface area contributed by atoms with Gasteiger partial charge in [-0.1, -0.05) is 64.2 Å². The molecule has 38 heavy (non-hydrogen) atoms. The molecule has 0 spiro atoms. The van der Waals surface area contributed by atoms with Gasteiger partial charge in [-0.2, -0.15) is 0 Å². The predicted molar refractivity (Wildman–Crippen MR) is 152 cm³/mol. The Kier molecular flexibility index (Phi) is 8.61. The van der Waals surface area contributed by atoms with E-state index in [0.29, 0.717) is 25.9 Å². The molecule has 1 fully saturated rings. The van der Waals surface area contributed by atoms with Crippen LogP contribution in [0, 0.1) is 0 Å². The van der Waals surface area contributed by atoms with Crippen LogP contribution in [-0.2, 0) is 22.0 Å². The number of carbonyl (C=O) groups excluding carboxylic acids is 1. The zero-order valence-electron chi connectivity index (χ0n) is 20.7. The lowest BCUT2D eigenvalue weighted by Crippen LogP contribution is -2.41. The Hall–Kier alpha value is -3.35. The summed E-state index contributed by atoms with van der Waals surface area (Å²) in [7, 11) is 0. The molecule has 3 N–H and O–H groups in total. The van der Waals surface area contributed by atoms with Crippen LogP contribution in [0.3, 0.4) is 0 Å². The molecule has 1 saturated heterocycles. The second-order valence-electron chi connectivity index (χ2n) is 9.23. The van der Waals surface area contributed by atoms with Gasteiger partial charge in [0.2, 0.25) is 0 Å². The number of hydrogen-bond acceptors (Lipinski definition) is 7. The number of pyridine rings is 1. The Morgan fingerprint density at radius 3 is 2.53 bits per heavy atom. The number of ether oxygens (including phenoxy) is 1. The van der Waals surface area contributed by atoms with Crippen LogP contribution >= 0.6 is 22.6 Å². The van der Waals surface area contributed by atoms with Crippen LogP contribution in [0.1, 0.15) is 16.7 Å². The van der Waals surface area contributed by atoms with Gasteiger partial charge >= 0.3 is 6.09 Å². The summed E-state index contributed by atoms with van der Waals surface area (Å²) in [6.07, 6.45) is 4.74. The molecule has 1 aliphatic heterocycles. The summed E-state index contributed by atoms with van der Waals surface area (Å²) in [6, 6.07) is 20.0. The Morgan fingerprint density at radius 1 is 1.05 bits per heavy atom. The highest BCUT2D eigenvalue weighted by Gasteiger charge is 2.37. The van der Waals surface area contributed by atoms with Crippen molar-refractivity contribution in [2.75, 3.05) is 13.1 Å². The van der Waals surface area contributed by atoms with E-state index in [9.17, 15) is 9.90 Å². The molecular weight excluding hydrogens is 595 g/mol. The number of aromatic nitrogens is 4. The standard InChI is InChI=1S/C28H29IN6O3/c29-16-21-3-7-23(8-4-21)35-18-25(33-34-35)22-5-1-20(2-6-22)15-24-27(26(36)17-32-24)38-28(37)31-14-11-19-9-12-30-13-10-19/h1-10,12-13,18,24,26-27,32,36H,11,14-17H2,(H,31,37)/t24-,26+,27+/m1/s1. The molecule has 0 saturated carbocycles. The van der Waals surface area contributed by atoms with E-state index >= 15 is 0 Å². The molecule has 0 radical (unpaired) electrons. The van der Waals surface area contributed by atoms with Crippen LogP contribution in [0.15, 0.2) is 79.3 Å². The number of hydrogen-bond donors (Lipinski definition) is 3. The van der Waals surface area contributed by atoms with E-state index in [2.05, 4.69) is 60.7 Å². The van der Waals surface area contributed by atoms with Crippen molar-refractivity contribution in [3.63, 3.8) is 0 Å². The minimum Gasteiger partial charge on any atom is -0.442 e. The number of nitrogens with zero attached hydrogens (tertiary/aromatic N) is 4. The van der Waals surface area contributed by atoms with E-state index < -0.39 is 18.3 Å². The Bertz CT molecular complexity index is 1330. The fourth-order valence-electron chi connectivity index (χ4n) is 4.47. The van der Waals surface area contributed by atoms with Gasteiger partial charge in [-0.05, 0) is 53.8 Å². The largest absolute Gasteiger partial charge is 0.442 e. The molecule has 4 aromatic rings. The summed E-state index contributed by atoms with van der Waals surface area (Å²) in [5.74, 6) is 0. The monoisotopic (exact) mass is 624 g/mol. The maximum atomic E-state index is 12.4. The molecule has 3 atom stereocenters. The first-order valence-corrected chi connectivity index (χ1v) is 14.0. The maximum Gasteiger partial charge on any atom is 0.407 e. The first-order chi connectivity index (χ1) is 18.6. The number of β-amino-alcohol motifs (C(OH)–C–C–N with tert-alkyl or cyclic N) is 1. The number of nitrogens with one attached hydrogen (secondary N) is 2. The van der Waals surface area contributed by atoms with Crippen LogP contribution in [0.4, 0.5) is 4.79 Å². The van der Waals surface area contributed by atoms with Crippen LogP contribution in [0.5, 0.6) is 0 Å². The van der Waals surface area contributed by atoms with Gasteiger partial charge < -0.3 is 20.5 Å². The first-order valence-electron chi connectivity index (χ1n) is 12.5. The number of amides is 1. The highest BCUT2D eigenvalue weighted by Crippen LogP contribution is 2.22. The summed E-state index contributed by atoms with van der Waals surface area (Å²) < 4.78 is 8.34. The minimum atomic E-state index is -0.758. The van der Waals surface area contributed by atoms with Crippen LogP contribution in [0.25, 0.3) is 16.9 Å². The Labute approximate surface area is 234 Å². The van der Waals surface area contributed by atoms with Gasteiger partial charge in [-0.15, -0.1) is 5.10 Å². The molecule has 1 amide bonds. The molecule has 2 aromatic carbocycles. The third-order valence-corrected chi connectivity index (χ3v) is 7.48. The predicted octanol–water partition coefficient (Wildman–Crippen LogP) is 3.48. The molecule has 3 heterocycles. The van der Waals surface area contributed by atoms with Crippen LogP contribution in [0.2, 0.25) is 0 Å². The fourth-order valence-corrected chi connectivity index (χ4v) is 4.98. The van der Waals surface area contributed by atoms with Crippen LogP contribution < -0.4 is 10.6 Å². The molecule has 9 nitrogen and oxygen atoms in total. The molecule has 0 bridgehead atoms. The molecule has 5 rings (SSSR count). The van der Waals surface area contributed by atoms with Crippen molar-refractivity contribution >= 4 is 28.7 Å². The normalized spacial score (nSPS) is 18.8. The van der Waals surface area contributed by atoms with E-state index in [1.807, 2.05) is 54.7 Å². The summed E-state index contributed by atoms with van der Waals surface area (Å²) >= 11 is 2.35. The van der Waals surface area contributed by atoms with Gasteiger partial charge in [0.15, 0.2) is 0 Å². The Morgan fingerprint density at radius 2 is 1.79 bits per heavy atom. The fraction of sp³-hybridized carbons (Fsp3) is 0.286. The minimum absolute atomic E-state index is 0.187. The number of alkyl carbamates (subject to hydrolysis) is 1. The van der Waals surface area contributed by atoms with E-state index in [4.69, 9.17) is 4.74 Å². The van der Waals surface area contributed by atoms with Crippen molar-refractivity contribution in [3.05, 3.63) is 95.9 Å². The smallest absolute Gasteiger partial charge is 0.407 e. The zero-order valence-corrected chi connectivity index (χ0v) is 22.9. The number of carbonyl (C=O) groups is 1. The van der Waals surface area contributed by atoms with Gasteiger partial charge in [0.25, 0.3) is 0 Å². The molecule has 0 aliphatic carbocycles. The highest BCUT2D eigenvalue weighted by atomic mass is 127. The molecular formula is C28H29IN6O3. The van der Waals surface area contributed by atoms with E-state index in [1.165, 1.54) is 5.56 Å². The summed E-state index contributed by atoms with van der Waals surface area (Å²) in [5, 5.41) is 25.1. The molecule has 1 aliphatic rings.